The molecule has 0 radical (unpaired) electrons. The van der Waals surface area contributed by atoms with Crippen LogP contribution in [0.25, 0.3) is 0 Å². The molecule has 2 N–H and O–H groups in total. The third-order valence-corrected chi connectivity index (χ3v) is 4.10. The normalized spacial score (nSPS) is 16.3. The van der Waals surface area contributed by atoms with E-state index in [9.17, 15) is 4.79 Å². The molecule has 1 aliphatic rings. The van der Waals surface area contributed by atoms with E-state index in [1.165, 1.54) is 19.3 Å². The first-order valence-corrected chi connectivity index (χ1v) is 7.63. The molecule has 1 aliphatic carbocycles. The molecule has 3 nitrogen and oxygen atoms in total. The number of benzene rings is 1. The zero-order valence-corrected chi connectivity index (χ0v) is 12.9. The van der Waals surface area contributed by atoms with Gasteiger partial charge in [0.25, 0.3) is 0 Å². The Morgan fingerprint density at radius 2 is 2.00 bits per heavy atom. The van der Waals surface area contributed by atoms with Gasteiger partial charge in [-0.2, -0.15) is 0 Å². The Labute approximate surface area is 126 Å². The zero-order valence-electron chi connectivity index (χ0n) is 10.0. The number of urea groups is 1. The SMILES string of the molecule is O=C(Nc1ccc(I)cc1Cl)NC1CCCCC1. The first-order chi connectivity index (χ1) is 8.65. The highest BCUT2D eigenvalue weighted by Gasteiger charge is 2.16. The van der Waals surface area contributed by atoms with Crippen LogP contribution in [0.4, 0.5) is 10.5 Å². The quantitative estimate of drug-likeness (QED) is 0.736. The summed E-state index contributed by atoms with van der Waals surface area (Å²) in [5, 5.41) is 6.37. The molecular weight excluding hydrogens is 363 g/mol. The summed E-state index contributed by atoms with van der Waals surface area (Å²) in [4.78, 5) is 11.8. The molecule has 0 bridgehead atoms. The van der Waals surface area contributed by atoms with E-state index < -0.39 is 0 Å². The summed E-state index contributed by atoms with van der Waals surface area (Å²) in [5.41, 5.74) is 0.658. The predicted octanol–water partition coefficient (Wildman–Crippen LogP) is 4.40. The van der Waals surface area contributed by atoms with Crippen molar-refractivity contribution in [2.45, 2.75) is 38.1 Å². The van der Waals surface area contributed by atoms with Crippen LogP contribution in [0.5, 0.6) is 0 Å². The van der Waals surface area contributed by atoms with Gasteiger partial charge in [0.15, 0.2) is 0 Å². The van der Waals surface area contributed by atoms with Gasteiger partial charge in [0.2, 0.25) is 0 Å². The second kappa shape index (κ2) is 6.61. The van der Waals surface area contributed by atoms with E-state index in [2.05, 4.69) is 33.2 Å². The molecule has 1 saturated carbocycles. The van der Waals surface area contributed by atoms with Crippen LogP contribution in [-0.4, -0.2) is 12.1 Å². The molecule has 0 atom stereocenters. The molecule has 2 rings (SSSR count). The lowest BCUT2D eigenvalue weighted by atomic mass is 9.96. The average Bonchev–Trinajstić information content (AvgIpc) is 2.34. The van der Waals surface area contributed by atoms with E-state index in [1.54, 1.807) is 0 Å². The molecule has 0 heterocycles. The summed E-state index contributed by atoms with van der Waals surface area (Å²) in [6.07, 6.45) is 5.84. The second-order valence-electron chi connectivity index (χ2n) is 4.56. The minimum absolute atomic E-state index is 0.162. The number of amides is 2. The van der Waals surface area contributed by atoms with Gasteiger partial charge >= 0.3 is 6.03 Å². The second-order valence-corrected chi connectivity index (χ2v) is 6.21. The summed E-state index contributed by atoms with van der Waals surface area (Å²) in [7, 11) is 0. The van der Waals surface area contributed by atoms with Crippen molar-refractivity contribution in [3.05, 3.63) is 26.8 Å². The predicted molar refractivity (Wildman–Crippen MR) is 83.2 cm³/mol. The molecule has 0 aliphatic heterocycles. The summed E-state index contributed by atoms with van der Waals surface area (Å²) in [6, 6.07) is 5.72. The Morgan fingerprint density at radius 1 is 1.28 bits per heavy atom. The molecule has 1 fully saturated rings. The molecule has 0 spiro atoms. The fraction of sp³-hybridized carbons (Fsp3) is 0.462. The van der Waals surface area contributed by atoms with Crippen LogP contribution in [0.1, 0.15) is 32.1 Å². The Balaban J connectivity index is 1.90. The minimum atomic E-state index is -0.162. The van der Waals surface area contributed by atoms with E-state index in [1.807, 2.05) is 18.2 Å². The van der Waals surface area contributed by atoms with Gasteiger partial charge in [0, 0.05) is 9.61 Å². The van der Waals surface area contributed by atoms with Crippen LogP contribution in [0, 0.1) is 3.57 Å². The fourth-order valence-corrected chi connectivity index (χ4v) is 3.08. The number of carbonyl (C=O) groups excluding carboxylic acids is 1. The lowest BCUT2D eigenvalue weighted by Gasteiger charge is -2.23. The molecule has 1 aromatic rings. The largest absolute Gasteiger partial charge is 0.335 e. The van der Waals surface area contributed by atoms with Gasteiger partial charge in [-0.15, -0.1) is 0 Å². The number of halogens is 2. The van der Waals surface area contributed by atoms with Crippen LogP contribution in [0.3, 0.4) is 0 Å². The lowest BCUT2D eigenvalue weighted by Crippen LogP contribution is -2.39. The Kier molecular flexibility index (Phi) is 5.12. The van der Waals surface area contributed by atoms with E-state index >= 15 is 0 Å². The Hall–Kier alpha value is -0.490. The van der Waals surface area contributed by atoms with E-state index in [-0.39, 0.29) is 6.03 Å². The average molecular weight is 379 g/mol. The van der Waals surface area contributed by atoms with Crippen molar-refractivity contribution in [3.8, 4) is 0 Å². The van der Waals surface area contributed by atoms with E-state index in [4.69, 9.17) is 11.6 Å². The number of hydrogen-bond acceptors (Lipinski definition) is 1. The standard InChI is InChI=1S/C13H16ClIN2O/c14-11-8-9(15)6-7-12(11)17-13(18)16-10-4-2-1-3-5-10/h6-8,10H,1-5H2,(H2,16,17,18). The maximum absolute atomic E-state index is 11.8. The van der Waals surface area contributed by atoms with Crippen LogP contribution >= 0.6 is 34.2 Å². The molecule has 0 saturated heterocycles. The minimum Gasteiger partial charge on any atom is -0.335 e. The van der Waals surface area contributed by atoms with Crippen LogP contribution in [-0.2, 0) is 0 Å². The maximum atomic E-state index is 11.8. The lowest BCUT2D eigenvalue weighted by molar-refractivity contribution is 0.244. The molecule has 0 aromatic heterocycles. The van der Waals surface area contributed by atoms with Crippen molar-refractivity contribution in [1.82, 2.24) is 5.32 Å². The maximum Gasteiger partial charge on any atom is 0.319 e. The summed E-state index contributed by atoms with van der Waals surface area (Å²) in [6.45, 7) is 0. The van der Waals surface area contributed by atoms with Crippen molar-refractivity contribution in [1.29, 1.82) is 0 Å². The topological polar surface area (TPSA) is 41.1 Å². The highest BCUT2D eigenvalue weighted by Crippen LogP contribution is 2.24. The molecule has 5 heteroatoms. The van der Waals surface area contributed by atoms with Crippen molar-refractivity contribution in [3.63, 3.8) is 0 Å². The van der Waals surface area contributed by atoms with Crippen LogP contribution in [0.15, 0.2) is 18.2 Å². The molecular formula is C13H16ClIN2O. The van der Waals surface area contributed by atoms with Gasteiger partial charge in [-0.25, -0.2) is 4.79 Å². The van der Waals surface area contributed by atoms with Gasteiger partial charge in [-0.05, 0) is 53.6 Å². The van der Waals surface area contributed by atoms with Crippen LogP contribution < -0.4 is 10.6 Å². The number of nitrogens with one attached hydrogen (secondary N) is 2. The Bertz CT molecular complexity index is 433. The van der Waals surface area contributed by atoms with Gasteiger partial charge in [-0.3, -0.25) is 0 Å². The highest BCUT2D eigenvalue weighted by atomic mass is 127. The van der Waals surface area contributed by atoms with Crippen molar-refractivity contribution in [2.75, 3.05) is 5.32 Å². The fourth-order valence-electron chi connectivity index (χ4n) is 2.18. The Morgan fingerprint density at radius 3 is 2.67 bits per heavy atom. The van der Waals surface area contributed by atoms with Crippen molar-refractivity contribution >= 4 is 45.9 Å². The molecule has 98 valence electrons. The van der Waals surface area contributed by atoms with Crippen molar-refractivity contribution < 1.29 is 4.79 Å². The van der Waals surface area contributed by atoms with E-state index in [0.717, 1.165) is 16.4 Å². The van der Waals surface area contributed by atoms with Crippen molar-refractivity contribution in [2.24, 2.45) is 0 Å². The summed E-state index contributed by atoms with van der Waals surface area (Å²) in [5.74, 6) is 0. The monoisotopic (exact) mass is 378 g/mol. The number of hydrogen-bond donors (Lipinski definition) is 2. The van der Waals surface area contributed by atoms with Gasteiger partial charge in [-0.1, -0.05) is 30.9 Å². The molecule has 18 heavy (non-hydrogen) atoms. The van der Waals surface area contributed by atoms with Gasteiger partial charge < -0.3 is 10.6 Å². The summed E-state index contributed by atoms with van der Waals surface area (Å²) < 4.78 is 1.05. The smallest absolute Gasteiger partial charge is 0.319 e. The number of carbonyl (C=O) groups is 1. The first kappa shape index (κ1) is 13.9. The first-order valence-electron chi connectivity index (χ1n) is 6.18. The van der Waals surface area contributed by atoms with E-state index in [0.29, 0.717) is 16.8 Å². The zero-order chi connectivity index (χ0) is 13.0. The number of rotatable bonds is 2. The molecule has 2 amide bonds. The third-order valence-electron chi connectivity index (χ3n) is 3.12. The molecule has 1 aromatic carbocycles. The summed E-state index contributed by atoms with van der Waals surface area (Å²) >= 11 is 8.26. The highest BCUT2D eigenvalue weighted by molar-refractivity contribution is 14.1. The van der Waals surface area contributed by atoms with Crippen LogP contribution in [0.2, 0.25) is 5.02 Å². The third kappa shape index (κ3) is 4.02. The molecule has 0 unspecified atom stereocenters. The number of anilines is 1. The van der Waals surface area contributed by atoms with Gasteiger partial charge in [0.1, 0.15) is 0 Å². The van der Waals surface area contributed by atoms with Gasteiger partial charge in [0.05, 0.1) is 10.7 Å².